The van der Waals surface area contributed by atoms with E-state index in [-0.39, 0.29) is 0 Å². The number of fused-ring (bicyclic) bond motifs is 3. The van der Waals surface area contributed by atoms with Crippen LogP contribution >= 0.6 is 0 Å². The third kappa shape index (κ3) is 3.60. The lowest BCUT2D eigenvalue weighted by Gasteiger charge is -2.49. The van der Waals surface area contributed by atoms with Gasteiger partial charge >= 0.3 is 0 Å². The lowest BCUT2D eigenvalue weighted by atomic mass is 9.81. The van der Waals surface area contributed by atoms with Crippen LogP contribution in [-0.2, 0) is 0 Å². The summed E-state index contributed by atoms with van der Waals surface area (Å²) in [6.07, 6.45) is 9.84. The summed E-state index contributed by atoms with van der Waals surface area (Å²) >= 11 is 0. The van der Waals surface area contributed by atoms with Crippen molar-refractivity contribution in [2.75, 3.05) is 9.88 Å². The zero-order chi connectivity index (χ0) is 24.2. The van der Waals surface area contributed by atoms with Crippen LogP contribution in [-0.4, -0.2) is 8.24 Å². The van der Waals surface area contributed by atoms with Crippen molar-refractivity contribution in [2.45, 2.75) is 45.3 Å². The summed E-state index contributed by atoms with van der Waals surface area (Å²) in [5, 5.41) is 3.71. The minimum absolute atomic E-state index is 0.595. The maximum absolute atomic E-state index is 3.71. The van der Waals surface area contributed by atoms with Crippen molar-refractivity contribution < 1.29 is 0 Å². The lowest BCUT2D eigenvalue weighted by Crippen LogP contribution is -2.53. The second-order valence-corrected chi connectivity index (χ2v) is 15.6. The van der Waals surface area contributed by atoms with Gasteiger partial charge in [-0.3, -0.25) is 0 Å². The summed E-state index contributed by atoms with van der Waals surface area (Å²) in [6, 6.07) is 27.0. The highest BCUT2D eigenvalue weighted by molar-refractivity contribution is 6.84. The van der Waals surface area contributed by atoms with E-state index in [1.165, 1.54) is 46.7 Å². The van der Waals surface area contributed by atoms with Gasteiger partial charge < -0.3 is 9.88 Å². The fourth-order valence-electron chi connectivity index (χ4n) is 7.31. The second-order valence-electron chi connectivity index (χ2n) is 11.1. The van der Waals surface area contributed by atoms with E-state index in [0.29, 0.717) is 17.4 Å². The number of benzene rings is 3. The van der Waals surface area contributed by atoms with Gasteiger partial charge in [0.1, 0.15) is 0 Å². The van der Waals surface area contributed by atoms with Gasteiger partial charge in [-0.25, -0.2) is 0 Å². The quantitative estimate of drug-likeness (QED) is 0.378. The van der Waals surface area contributed by atoms with Gasteiger partial charge in [0.25, 0.3) is 0 Å². The van der Waals surface area contributed by atoms with Gasteiger partial charge in [0.05, 0.1) is 22.7 Å². The Balaban J connectivity index is 1.44. The molecule has 3 aliphatic rings. The topological polar surface area (TPSA) is 15.3 Å². The fourth-order valence-corrected chi connectivity index (χ4v) is 12.1. The zero-order valence-electron chi connectivity index (χ0n) is 21.3. The summed E-state index contributed by atoms with van der Waals surface area (Å²) in [5.74, 6) is 1.94. The minimum atomic E-state index is -1.99. The van der Waals surface area contributed by atoms with Crippen LogP contribution in [0.5, 0.6) is 0 Å². The number of nitrogens with zero attached hydrogens (tertiary/aromatic N) is 1. The summed E-state index contributed by atoms with van der Waals surface area (Å²) in [6.45, 7) is 9.84. The van der Waals surface area contributed by atoms with Crippen molar-refractivity contribution in [1.29, 1.82) is 0 Å². The van der Waals surface area contributed by atoms with E-state index in [4.69, 9.17) is 0 Å². The Morgan fingerprint density at radius 3 is 2.14 bits per heavy atom. The first kappa shape index (κ1) is 22.4. The van der Waals surface area contributed by atoms with Crippen molar-refractivity contribution in [1.82, 2.24) is 0 Å². The average Bonchev–Trinajstić information content (AvgIpc) is 3.27. The van der Waals surface area contributed by atoms with Crippen molar-refractivity contribution in [3.05, 3.63) is 102 Å². The van der Waals surface area contributed by atoms with Crippen LogP contribution in [0.3, 0.4) is 0 Å². The molecule has 0 bridgehead atoms. The van der Waals surface area contributed by atoms with Crippen LogP contribution in [0, 0.1) is 24.7 Å². The van der Waals surface area contributed by atoms with Gasteiger partial charge in [-0.1, -0.05) is 98.8 Å². The predicted molar refractivity (Wildman–Crippen MR) is 153 cm³/mol. The van der Waals surface area contributed by atoms with Crippen LogP contribution in [0.15, 0.2) is 91.0 Å². The molecule has 0 saturated heterocycles. The molecule has 3 heteroatoms. The SMILES string of the molecule is CC[C@@H]1C[C@@H]2C(c3ccc(C)cc3)=CC=C[C@@H]2C1[Si](C)(C)N1c2ccccc2Nc2ccccc21. The van der Waals surface area contributed by atoms with Crippen LogP contribution in [0.25, 0.3) is 5.57 Å². The molecule has 1 heterocycles. The van der Waals surface area contributed by atoms with Crippen LogP contribution in [0.4, 0.5) is 22.7 Å². The molecule has 3 aromatic rings. The predicted octanol–water partition coefficient (Wildman–Crippen LogP) is 9.08. The second kappa shape index (κ2) is 8.56. The summed E-state index contributed by atoms with van der Waals surface area (Å²) in [5.41, 5.74) is 10.1. The first-order chi connectivity index (χ1) is 17.0. The molecule has 1 saturated carbocycles. The van der Waals surface area contributed by atoms with E-state index in [2.05, 4.69) is 128 Å². The number of para-hydroxylation sites is 4. The molecule has 178 valence electrons. The molecule has 1 fully saturated rings. The number of anilines is 4. The standard InChI is InChI=1S/C32H36N2Si/c1-5-23-21-27-25(24-19-17-22(2)18-20-24)11-10-12-26(27)32(23)35(3,4)34-30-15-8-6-13-28(30)33-29-14-7-9-16-31(29)34/h6-20,23,26-27,32-33H,5,21H2,1-4H3/t23-,26+,27-,32?/m1/s1. The zero-order valence-corrected chi connectivity index (χ0v) is 22.3. The van der Waals surface area contributed by atoms with E-state index >= 15 is 0 Å². The van der Waals surface area contributed by atoms with E-state index in [1.807, 2.05) is 0 Å². The lowest BCUT2D eigenvalue weighted by molar-refractivity contribution is 0.499. The molecule has 0 spiro atoms. The molecule has 2 nitrogen and oxygen atoms in total. The molecule has 1 N–H and O–H groups in total. The van der Waals surface area contributed by atoms with Crippen molar-refractivity contribution in [3.8, 4) is 0 Å². The molecule has 1 unspecified atom stereocenters. The smallest absolute Gasteiger partial charge is 0.160 e. The monoisotopic (exact) mass is 476 g/mol. The molecular weight excluding hydrogens is 440 g/mol. The van der Waals surface area contributed by atoms with Gasteiger partial charge in [0, 0.05) is 0 Å². The molecule has 4 atom stereocenters. The third-order valence-corrected chi connectivity index (χ3v) is 12.9. The molecule has 1 aliphatic heterocycles. The molecule has 6 rings (SSSR count). The molecule has 2 aliphatic carbocycles. The van der Waals surface area contributed by atoms with Gasteiger partial charge in [-0.2, -0.15) is 0 Å². The van der Waals surface area contributed by atoms with E-state index in [0.717, 1.165) is 5.92 Å². The number of hydrogen-bond donors (Lipinski definition) is 1. The first-order valence-electron chi connectivity index (χ1n) is 13.2. The Hall–Kier alpha value is -3.04. The maximum atomic E-state index is 3.71. The Kier molecular flexibility index (Phi) is 5.49. The van der Waals surface area contributed by atoms with Gasteiger partial charge in [0.2, 0.25) is 0 Å². The Morgan fingerprint density at radius 1 is 0.886 bits per heavy atom. The highest BCUT2D eigenvalue weighted by Crippen LogP contribution is 2.60. The van der Waals surface area contributed by atoms with Crippen LogP contribution < -0.4 is 9.88 Å². The van der Waals surface area contributed by atoms with E-state index in [1.54, 1.807) is 5.57 Å². The fraction of sp³-hybridized carbons (Fsp3) is 0.312. The maximum Gasteiger partial charge on any atom is 0.160 e. The largest absolute Gasteiger partial charge is 0.366 e. The van der Waals surface area contributed by atoms with Gasteiger partial charge in [0.15, 0.2) is 8.24 Å². The Labute approximate surface area is 211 Å². The van der Waals surface area contributed by atoms with Gasteiger partial charge in [-0.05, 0) is 72.0 Å². The van der Waals surface area contributed by atoms with Gasteiger partial charge in [-0.15, -0.1) is 0 Å². The highest BCUT2D eigenvalue weighted by atomic mass is 28.3. The molecule has 0 radical (unpaired) electrons. The molecule has 0 amide bonds. The molecular formula is C32H36N2Si. The summed E-state index contributed by atoms with van der Waals surface area (Å²) in [4.78, 5) is 0. The molecule has 35 heavy (non-hydrogen) atoms. The highest BCUT2D eigenvalue weighted by Gasteiger charge is 2.54. The molecule has 3 aromatic carbocycles. The number of aryl methyl sites for hydroxylation is 1. The Bertz CT molecular complexity index is 1260. The number of allylic oxidation sites excluding steroid dienone is 4. The minimum Gasteiger partial charge on any atom is -0.366 e. The number of rotatable bonds is 4. The number of hydrogen-bond acceptors (Lipinski definition) is 2. The van der Waals surface area contributed by atoms with Crippen LogP contribution in [0.2, 0.25) is 18.6 Å². The van der Waals surface area contributed by atoms with Crippen molar-refractivity contribution in [2.24, 2.45) is 17.8 Å². The number of nitrogens with one attached hydrogen (secondary N) is 1. The molecule has 0 aromatic heterocycles. The van der Waals surface area contributed by atoms with Crippen LogP contribution in [0.1, 0.15) is 30.9 Å². The van der Waals surface area contributed by atoms with Crippen molar-refractivity contribution >= 4 is 36.6 Å². The van der Waals surface area contributed by atoms with E-state index < -0.39 is 8.24 Å². The first-order valence-corrected chi connectivity index (χ1v) is 16.2. The third-order valence-electron chi connectivity index (χ3n) is 8.81. The van der Waals surface area contributed by atoms with E-state index in [9.17, 15) is 0 Å². The normalized spacial score (nSPS) is 24.8. The summed E-state index contributed by atoms with van der Waals surface area (Å²) in [7, 11) is -1.99. The Morgan fingerprint density at radius 2 is 1.51 bits per heavy atom. The van der Waals surface area contributed by atoms with Crippen molar-refractivity contribution in [3.63, 3.8) is 0 Å². The average molecular weight is 477 g/mol. The summed E-state index contributed by atoms with van der Waals surface area (Å²) < 4.78 is 2.78.